The van der Waals surface area contributed by atoms with E-state index in [2.05, 4.69) is 17.0 Å². The van der Waals surface area contributed by atoms with E-state index in [1.807, 2.05) is 94.7 Å². The molecule has 4 nitrogen and oxygen atoms in total. The van der Waals surface area contributed by atoms with Crippen LogP contribution in [0.5, 0.6) is 0 Å². The maximum atomic E-state index is 13.4. The number of amidine groups is 1. The van der Waals surface area contributed by atoms with Gasteiger partial charge in [-0.15, -0.1) is 0 Å². The number of hydrogen-bond acceptors (Lipinski definition) is 4. The SMILES string of the molecule is Cc1ccc(N=C2S/C(=C\c3ccc(N(C)C)cc3)C(=O)N2c2ccc(C)cc2)cc1. The smallest absolute Gasteiger partial charge is 0.271 e. The highest BCUT2D eigenvalue weighted by Gasteiger charge is 2.34. The summed E-state index contributed by atoms with van der Waals surface area (Å²) in [6.45, 7) is 4.08. The lowest BCUT2D eigenvalue weighted by Crippen LogP contribution is -2.28. The minimum Gasteiger partial charge on any atom is -0.378 e. The Labute approximate surface area is 187 Å². The van der Waals surface area contributed by atoms with E-state index in [0.717, 1.165) is 28.2 Å². The van der Waals surface area contributed by atoms with Gasteiger partial charge in [0.15, 0.2) is 5.17 Å². The summed E-state index contributed by atoms with van der Waals surface area (Å²) in [5, 5.41) is 0.661. The number of amides is 1. The molecule has 4 rings (SSSR count). The van der Waals surface area contributed by atoms with Gasteiger partial charge in [-0.25, -0.2) is 4.99 Å². The fraction of sp³-hybridized carbons (Fsp3) is 0.154. The largest absolute Gasteiger partial charge is 0.378 e. The van der Waals surface area contributed by atoms with E-state index in [4.69, 9.17) is 4.99 Å². The van der Waals surface area contributed by atoms with E-state index in [0.29, 0.717) is 10.1 Å². The summed E-state index contributed by atoms with van der Waals surface area (Å²) in [7, 11) is 4.02. The van der Waals surface area contributed by atoms with E-state index in [9.17, 15) is 4.79 Å². The number of hydrogen-bond donors (Lipinski definition) is 0. The Bertz CT molecular complexity index is 1140. The van der Waals surface area contributed by atoms with Crippen molar-refractivity contribution in [2.24, 2.45) is 4.99 Å². The molecule has 0 bridgehead atoms. The number of carbonyl (C=O) groups excluding carboxylic acids is 1. The van der Waals surface area contributed by atoms with Gasteiger partial charge in [0, 0.05) is 19.8 Å². The fourth-order valence-corrected chi connectivity index (χ4v) is 4.22. The van der Waals surface area contributed by atoms with Gasteiger partial charge in [-0.2, -0.15) is 0 Å². The predicted molar refractivity (Wildman–Crippen MR) is 133 cm³/mol. The number of thioether (sulfide) groups is 1. The first-order chi connectivity index (χ1) is 14.9. The lowest BCUT2D eigenvalue weighted by atomic mass is 10.1. The highest BCUT2D eigenvalue weighted by atomic mass is 32.2. The van der Waals surface area contributed by atoms with E-state index < -0.39 is 0 Å². The second-order valence-corrected chi connectivity index (χ2v) is 8.81. The van der Waals surface area contributed by atoms with E-state index >= 15 is 0 Å². The Kier molecular flexibility index (Phi) is 5.96. The number of carbonyl (C=O) groups is 1. The zero-order valence-electron chi connectivity index (χ0n) is 18.2. The minimum atomic E-state index is -0.0589. The monoisotopic (exact) mass is 427 g/mol. The lowest BCUT2D eigenvalue weighted by Gasteiger charge is -2.16. The number of anilines is 2. The van der Waals surface area contributed by atoms with E-state index in [1.54, 1.807) is 4.90 Å². The Hall–Kier alpha value is -3.31. The van der Waals surface area contributed by atoms with Gasteiger partial charge >= 0.3 is 0 Å². The molecule has 1 amide bonds. The first kappa shape index (κ1) is 20.9. The molecule has 1 fully saturated rings. The summed E-state index contributed by atoms with van der Waals surface area (Å²) in [6, 6.07) is 24.1. The van der Waals surface area contributed by atoms with Crippen molar-refractivity contribution in [3.05, 3.63) is 94.4 Å². The topological polar surface area (TPSA) is 35.9 Å². The molecule has 0 radical (unpaired) electrons. The summed E-state index contributed by atoms with van der Waals surface area (Å²) in [5.41, 5.74) is 6.08. The molecule has 1 aliphatic rings. The highest BCUT2D eigenvalue weighted by Crippen LogP contribution is 2.37. The molecule has 0 N–H and O–H groups in total. The van der Waals surface area contributed by atoms with Crippen LogP contribution in [0.3, 0.4) is 0 Å². The average molecular weight is 428 g/mol. The van der Waals surface area contributed by atoms with Crippen LogP contribution in [0.2, 0.25) is 0 Å². The zero-order valence-corrected chi connectivity index (χ0v) is 19.0. The van der Waals surface area contributed by atoms with Gasteiger partial charge in [0.2, 0.25) is 0 Å². The molecule has 3 aromatic rings. The van der Waals surface area contributed by atoms with Crippen LogP contribution in [-0.4, -0.2) is 25.2 Å². The van der Waals surface area contributed by atoms with Crippen LogP contribution in [0.15, 0.2) is 82.7 Å². The molecular weight excluding hydrogens is 402 g/mol. The van der Waals surface area contributed by atoms with E-state index in [1.165, 1.54) is 17.3 Å². The molecule has 0 unspecified atom stereocenters. The third-order valence-corrected chi connectivity index (χ3v) is 6.03. The molecular formula is C26H25N3OS. The molecule has 0 atom stereocenters. The predicted octanol–water partition coefficient (Wildman–Crippen LogP) is 6.18. The van der Waals surface area contributed by atoms with Gasteiger partial charge < -0.3 is 4.90 Å². The summed E-state index contributed by atoms with van der Waals surface area (Å²) in [4.78, 5) is 22.6. The van der Waals surface area contributed by atoms with Crippen molar-refractivity contribution in [2.75, 3.05) is 23.9 Å². The summed E-state index contributed by atoms with van der Waals surface area (Å²) in [6.07, 6.45) is 1.94. The molecule has 0 spiro atoms. The first-order valence-corrected chi connectivity index (χ1v) is 11.0. The van der Waals surface area contributed by atoms with Crippen molar-refractivity contribution in [3.63, 3.8) is 0 Å². The molecule has 3 aromatic carbocycles. The Morgan fingerprint density at radius 2 is 1.42 bits per heavy atom. The molecule has 1 aliphatic heterocycles. The van der Waals surface area contributed by atoms with Gasteiger partial charge in [-0.1, -0.05) is 47.5 Å². The third-order valence-electron chi connectivity index (χ3n) is 5.06. The summed E-state index contributed by atoms with van der Waals surface area (Å²) < 4.78 is 0. The molecule has 156 valence electrons. The zero-order chi connectivity index (χ0) is 22.0. The summed E-state index contributed by atoms with van der Waals surface area (Å²) >= 11 is 1.41. The first-order valence-electron chi connectivity index (χ1n) is 10.1. The molecule has 31 heavy (non-hydrogen) atoms. The average Bonchev–Trinajstić information content (AvgIpc) is 3.05. The maximum absolute atomic E-state index is 13.4. The van der Waals surface area contributed by atoms with Crippen LogP contribution in [0.25, 0.3) is 6.08 Å². The number of nitrogens with zero attached hydrogens (tertiary/aromatic N) is 3. The number of aryl methyl sites for hydroxylation is 2. The van der Waals surface area contributed by atoms with Gasteiger partial charge in [-0.05, 0) is 73.6 Å². The second kappa shape index (κ2) is 8.82. The van der Waals surface area contributed by atoms with Crippen LogP contribution in [0, 0.1) is 13.8 Å². The standard InChI is InChI=1S/C26H25N3OS/c1-18-5-11-21(12-6-18)27-26-29(23-13-7-19(2)8-14-23)25(30)24(31-26)17-20-9-15-22(16-10-20)28(3)4/h5-17H,1-4H3/b24-17-,27-26?. The van der Waals surface area contributed by atoms with Crippen molar-refractivity contribution in [1.82, 2.24) is 0 Å². The Morgan fingerprint density at radius 1 is 0.839 bits per heavy atom. The summed E-state index contributed by atoms with van der Waals surface area (Å²) in [5.74, 6) is -0.0589. The van der Waals surface area contributed by atoms with Gasteiger partial charge in [0.25, 0.3) is 5.91 Å². The molecule has 0 aromatic heterocycles. The highest BCUT2D eigenvalue weighted by molar-refractivity contribution is 8.19. The van der Waals surface area contributed by atoms with Crippen molar-refractivity contribution < 1.29 is 4.79 Å². The van der Waals surface area contributed by atoms with E-state index in [-0.39, 0.29) is 5.91 Å². The third kappa shape index (κ3) is 4.72. The van der Waals surface area contributed by atoms with Crippen molar-refractivity contribution in [1.29, 1.82) is 0 Å². The molecule has 0 saturated carbocycles. The van der Waals surface area contributed by atoms with Crippen molar-refractivity contribution in [2.45, 2.75) is 13.8 Å². The number of aliphatic imine (C=N–C) groups is 1. The molecule has 5 heteroatoms. The molecule has 1 saturated heterocycles. The minimum absolute atomic E-state index is 0.0589. The fourth-order valence-electron chi connectivity index (χ4n) is 3.22. The van der Waals surface area contributed by atoms with Crippen molar-refractivity contribution >= 4 is 46.0 Å². The Morgan fingerprint density at radius 3 is 2.00 bits per heavy atom. The quantitative estimate of drug-likeness (QED) is 0.467. The maximum Gasteiger partial charge on any atom is 0.271 e. The van der Waals surface area contributed by atoms with Crippen LogP contribution in [-0.2, 0) is 4.79 Å². The second-order valence-electron chi connectivity index (χ2n) is 7.80. The van der Waals surface area contributed by atoms with Crippen LogP contribution < -0.4 is 9.80 Å². The van der Waals surface area contributed by atoms with Crippen LogP contribution in [0.4, 0.5) is 17.1 Å². The van der Waals surface area contributed by atoms with Crippen LogP contribution in [0.1, 0.15) is 16.7 Å². The van der Waals surface area contributed by atoms with Gasteiger partial charge in [0.1, 0.15) is 0 Å². The molecule has 1 heterocycles. The van der Waals surface area contributed by atoms with Crippen molar-refractivity contribution in [3.8, 4) is 0 Å². The normalized spacial score (nSPS) is 16.4. The van der Waals surface area contributed by atoms with Gasteiger partial charge in [0.05, 0.1) is 16.3 Å². The lowest BCUT2D eigenvalue weighted by molar-refractivity contribution is -0.113. The van der Waals surface area contributed by atoms with Crippen LogP contribution >= 0.6 is 11.8 Å². The number of rotatable bonds is 4. The van der Waals surface area contributed by atoms with Gasteiger partial charge in [-0.3, -0.25) is 9.69 Å². The number of benzene rings is 3. The molecule has 0 aliphatic carbocycles. The Balaban J connectivity index is 1.72.